The summed E-state index contributed by atoms with van der Waals surface area (Å²) in [5.41, 5.74) is 3.65. The van der Waals surface area contributed by atoms with Crippen LogP contribution < -0.4 is 4.74 Å². The predicted molar refractivity (Wildman–Crippen MR) is 101 cm³/mol. The quantitative estimate of drug-likeness (QED) is 0.534. The molecule has 5 heteroatoms. The number of hydrogen-bond acceptors (Lipinski definition) is 2. The van der Waals surface area contributed by atoms with Crippen LogP contribution in [0.15, 0.2) is 33.2 Å². The van der Waals surface area contributed by atoms with E-state index in [0.29, 0.717) is 0 Å². The van der Waals surface area contributed by atoms with Gasteiger partial charge >= 0.3 is 0 Å². The van der Waals surface area contributed by atoms with Gasteiger partial charge in [0.1, 0.15) is 11.9 Å². The summed E-state index contributed by atoms with van der Waals surface area (Å²) in [6.45, 7) is 3.96. The van der Waals surface area contributed by atoms with Gasteiger partial charge < -0.3 is 9.84 Å². The van der Waals surface area contributed by atoms with Gasteiger partial charge in [-0.3, -0.25) is 0 Å². The fraction of sp³-hybridized carbons (Fsp3) is 0.250. The Bertz CT molecular complexity index is 686. The number of ether oxygens (including phenoxy) is 1. The third-order valence-electron chi connectivity index (χ3n) is 3.44. The van der Waals surface area contributed by atoms with E-state index in [9.17, 15) is 5.11 Å². The third-order valence-corrected chi connectivity index (χ3v) is 5.74. The Morgan fingerprint density at radius 1 is 1.19 bits per heavy atom. The van der Waals surface area contributed by atoms with E-state index < -0.39 is 6.10 Å². The van der Waals surface area contributed by atoms with E-state index in [1.807, 2.05) is 38.1 Å². The molecule has 2 aromatic carbocycles. The highest BCUT2D eigenvalue weighted by atomic mass is 127. The Balaban J connectivity index is 2.68. The number of aliphatic hydroxyl groups is 1. The SMILES string of the molecule is COc1c(C)cc(Br)c(C)c1C(O)c1cc(Br)ccc1I. The van der Waals surface area contributed by atoms with Crippen molar-refractivity contribution in [3.8, 4) is 5.75 Å². The number of benzene rings is 2. The molecule has 112 valence electrons. The van der Waals surface area contributed by atoms with Gasteiger partial charge in [-0.05, 0) is 77.4 Å². The number of aryl methyl sites for hydroxylation is 1. The van der Waals surface area contributed by atoms with Gasteiger partial charge in [0.2, 0.25) is 0 Å². The Hall–Kier alpha value is -0.110. The number of halogens is 3. The molecule has 2 nitrogen and oxygen atoms in total. The van der Waals surface area contributed by atoms with Crippen molar-refractivity contribution in [3.05, 3.63) is 59.0 Å². The lowest BCUT2D eigenvalue weighted by atomic mass is 9.94. The number of aliphatic hydroxyl groups excluding tert-OH is 1. The summed E-state index contributed by atoms with van der Waals surface area (Å²) < 4.78 is 8.46. The van der Waals surface area contributed by atoms with Crippen LogP contribution in [0, 0.1) is 17.4 Å². The molecule has 0 radical (unpaired) electrons. The Kier molecular flexibility index (Phi) is 5.73. The van der Waals surface area contributed by atoms with Crippen LogP contribution >= 0.6 is 54.5 Å². The van der Waals surface area contributed by atoms with Crippen molar-refractivity contribution in [3.63, 3.8) is 0 Å². The second kappa shape index (κ2) is 6.98. The van der Waals surface area contributed by atoms with E-state index in [2.05, 4.69) is 54.5 Å². The van der Waals surface area contributed by atoms with Gasteiger partial charge in [0.25, 0.3) is 0 Å². The molecule has 0 fully saturated rings. The van der Waals surface area contributed by atoms with Crippen LogP contribution in [0.5, 0.6) is 5.75 Å². The fourth-order valence-corrected chi connectivity index (χ4v) is 3.92. The minimum atomic E-state index is -0.736. The summed E-state index contributed by atoms with van der Waals surface area (Å²) in [5, 5.41) is 10.9. The monoisotopic (exact) mass is 524 g/mol. The average Bonchev–Trinajstić information content (AvgIpc) is 2.44. The minimum absolute atomic E-state index is 0.735. The fourth-order valence-electron chi connectivity index (χ4n) is 2.36. The molecule has 1 unspecified atom stereocenters. The van der Waals surface area contributed by atoms with Gasteiger partial charge in [0.05, 0.1) is 7.11 Å². The van der Waals surface area contributed by atoms with E-state index in [1.165, 1.54) is 0 Å². The second-order valence-electron chi connectivity index (χ2n) is 4.82. The molecule has 0 bridgehead atoms. The Morgan fingerprint density at radius 3 is 2.48 bits per heavy atom. The molecule has 0 saturated heterocycles. The van der Waals surface area contributed by atoms with Crippen LogP contribution in [-0.4, -0.2) is 12.2 Å². The zero-order valence-electron chi connectivity index (χ0n) is 11.9. The lowest BCUT2D eigenvalue weighted by Gasteiger charge is -2.21. The molecular weight excluding hydrogens is 511 g/mol. The lowest BCUT2D eigenvalue weighted by molar-refractivity contribution is 0.212. The topological polar surface area (TPSA) is 29.5 Å². The van der Waals surface area contributed by atoms with Crippen LogP contribution in [0.4, 0.5) is 0 Å². The maximum Gasteiger partial charge on any atom is 0.128 e. The lowest BCUT2D eigenvalue weighted by Crippen LogP contribution is -2.08. The molecule has 0 spiro atoms. The van der Waals surface area contributed by atoms with Crippen molar-refractivity contribution >= 4 is 54.5 Å². The molecule has 0 heterocycles. The van der Waals surface area contributed by atoms with Crippen molar-refractivity contribution in [1.82, 2.24) is 0 Å². The smallest absolute Gasteiger partial charge is 0.128 e. The summed E-state index contributed by atoms with van der Waals surface area (Å²) in [5.74, 6) is 0.735. The maximum absolute atomic E-state index is 10.9. The third kappa shape index (κ3) is 3.46. The van der Waals surface area contributed by atoms with Crippen LogP contribution in [-0.2, 0) is 0 Å². The molecule has 21 heavy (non-hydrogen) atoms. The van der Waals surface area contributed by atoms with Crippen molar-refractivity contribution < 1.29 is 9.84 Å². The van der Waals surface area contributed by atoms with Crippen LogP contribution in [0.25, 0.3) is 0 Å². The molecule has 2 rings (SSSR count). The summed E-state index contributed by atoms with van der Waals surface area (Å²) in [6.07, 6.45) is -0.736. The average molecular weight is 526 g/mol. The number of hydrogen-bond donors (Lipinski definition) is 1. The van der Waals surface area contributed by atoms with E-state index in [4.69, 9.17) is 4.74 Å². The molecule has 0 aliphatic heterocycles. The van der Waals surface area contributed by atoms with Gasteiger partial charge in [0.15, 0.2) is 0 Å². The van der Waals surface area contributed by atoms with E-state index >= 15 is 0 Å². The summed E-state index contributed by atoms with van der Waals surface area (Å²) in [4.78, 5) is 0. The summed E-state index contributed by atoms with van der Waals surface area (Å²) in [7, 11) is 1.64. The summed E-state index contributed by atoms with van der Waals surface area (Å²) >= 11 is 9.26. The van der Waals surface area contributed by atoms with Crippen molar-refractivity contribution in [2.24, 2.45) is 0 Å². The van der Waals surface area contributed by atoms with Gasteiger partial charge in [-0.1, -0.05) is 31.9 Å². The molecule has 0 aromatic heterocycles. The molecule has 1 N–H and O–H groups in total. The highest BCUT2D eigenvalue weighted by molar-refractivity contribution is 14.1. The van der Waals surface area contributed by atoms with E-state index in [1.54, 1.807) is 7.11 Å². The molecular formula is C16H15Br2IO2. The van der Waals surface area contributed by atoms with Crippen molar-refractivity contribution in [1.29, 1.82) is 0 Å². The van der Waals surface area contributed by atoms with Crippen molar-refractivity contribution in [2.75, 3.05) is 7.11 Å². The van der Waals surface area contributed by atoms with Crippen LogP contribution in [0.1, 0.15) is 28.4 Å². The zero-order chi connectivity index (χ0) is 15.7. The molecule has 0 aliphatic rings. The van der Waals surface area contributed by atoms with Gasteiger partial charge in [0, 0.05) is 18.1 Å². The van der Waals surface area contributed by atoms with Crippen LogP contribution in [0.2, 0.25) is 0 Å². The minimum Gasteiger partial charge on any atom is -0.496 e. The Morgan fingerprint density at radius 2 is 1.86 bits per heavy atom. The van der Waals surface area contributed by atoms with E-state index in [-0.39, 0.29) is 0 Å². The number of rotatable bonds is 3. The summed E-state index contributed by atoms with van der Waals surface area (Å²) in [6, 6.07) is 7.90. The molecule has 2 aromatic rings. The predicted octanol–water partition coefficient (Wildman–Crippen LogP) is 5.52. The largest absolute Gasteiger partial charge is 0.496 e. The maximum atomic E-state index is 10.9. The van der Waals surface area contributed by atoms with E-state index in [0.717, 1.165) is 40.5 Å². The normalized spacial score (nSPS) is 12.3. The first-order valence-corrected chi connectivity index (χ1v) is 8.99. The number of methoxy groups -OCH3 is 1. The first-order valence-electron chi connectivity index (χ1n) is 6.33. The standard InChI is InChI=1S/C16H15Br2IO2/c1-8-6-12(18)9(2)14(16(8)21-3)15(20)11-7-10(17)4-5-13(11)19/h4-7,15,20H,1-3H3. The highest BCUT2D eigenvalue weighted by Gasteiger charge is 2.23. The van der Waals surface area contributed by atoms with Gasteiger partial charge in [-0.2, -0.15) is 0 Å². The molecule has 0 saturated carbocycles. The van der Waals surface area contributed by atoms with Crippen LogP contribution in [0.3, 0.4) is 0 Å². The Labute approximate surface area is 155 Å². The zero-order valence-corrected chi connectivity index (χ0v) is 17.2. The molecule has 0 amide bonds. The molecule has 1 atom stereocenters. The first-order chi connectivity index (χ1) is 9.86. The molecule has 0 aliphatic carbocycles. The first kappa shape index (κ1) is 17.2. The van der Waals surface area contributed by atoms with Gasteiger partial charge in [-0.25, -0.2) is 0 Å². The highest BCUT2D eigenvalue weighted by Crippen LogP contribution is 2.40. The van der Waals surface area contributed by atoms with Gasteiger partial charge in [-0.15, -0.1) is 0 Å². The second-order valence-corrected chi connectivity index (χ2v) is 7.75. The van der Waals surface area contributed by atoms with Crippen molar-refractivity contribution in [2.45, 2.75) is 20.0 Å².